The summed E-state index contributed by atoms with van der Waals surface area (Å²) in [5.74, 6) is -15.5. The molecule has 0 aromatic carbocycles. The first kappa shape index (κ1) is 89.8. The van der Waals surface area contributed by atoms with Gasteiger partial charge in [0.1, 0.15) is 66.5 Å². The molecule has 0 aromatic heterocycles. The van der Waals surface area contributed by atoms with Crippen LogP contribution in [0.25, 0.3) is 0 Å². The molecule has 0 spiro atoms. The lowest BCUT2D eigenvalue weighted by Gasteiger charge is -2.28. The molecule has 0 unspecified atom stereocenters. The summed E-state index contributed by atoms with van der Waals surface area (Å²) in [6.45, 7) is 5.37. The molecule has 14 amide bonds. The van der Waals surface area contributed by atoms with Gasteiger partial charge in [0.2, 0.25) is 82.7 Å². The van der Waals surface area contributed by atoms with Crippen molar-refractivity contribution in [3.63, 3.8) is 0 Å². The van der Waals surface area contributed by atoms with Crippen molar-refractivity contribution in [3.05, 3.63) is 12.2 Å². The number of aliphatic hydroxyl groups is 4. The standard InChI is InChI=1S/C59H106N20O20/c1-7-8-20-42(85)66-25-14-11-18-36(52(92)77-40(29-80)54(94)78-46(33(5)82)56(96)69-27-43(86)68-28-44(87)72-35(16-9-12-23-60)49(89)71-31(3)58(98)99)74-51(91)38(19-15-26-67-59(64)65)73-48(88)30(2)70-57(97)47(34(6)83)79-53(93)39(21-22-41(62)84)75-50(90)37(17-10-13-24-61)76-55(95)45(63)32(4)81/h8,20,30-40,45-47,80-83H,7,9-19,21-29,60-61,63H2,1-6H3,(H2,62,84)(H,66,85)(H,68,86)(H,69,96)(H,70,97)(H,71,89)(H,72,87)(H,73,88)(H,74,91)(H,75,90)(H,76,95)(H,77,92)(H,78,94)(H,79,93)(H,98,99)(H4,64,65,67)/b20-8+/t30-,31-,32+,33+,34+,35-,36-,37-,38-,39-,40-,45-,46-,47-/m0/s1. The second-order valence-corrected chi connectivity index (χ2v) is 23.2. The Morgan fingerprint density at radius 1 is 0.444 bits per heavy atom. The monoisotopic (exact) mass is 1410 g/mol. The summed E-state index contributed by atoms with van der Waals surface area (Å²) in [7, 11) is 0. The number of unbranched alkanes of at least 4 members (excludes halogenated alkanes) is 3. The SMILES string of the molecule is CC/C=C/C(=O)NCCCC[C@H](NC(=O)[C@H](CCCN=C(N)N)NC(=O)[C@H](C)NC(=O)[C@@H](NC(=O)[C@H](CCC(N)=O)NC(=O)[C@H](CCCCN)NC(=O)[C@@H](N)[C@@H](C)O)[C@@H](C)O)C(=O)N[C@@H](CO)C(=O)N[C@H](C(=O)NCC(=O)NCC(=O)N[C@@H](CCCCN)C(=O)N[C@@H](C)C(=O)O)[C@@H](C)O. The number of aliphatic imine (C=N–C) groups is 1. The lowest BCUT2D eigenvalue weighted by Crippen LogP contribution is -2.62. The van der Waals surface area contributed by atoms with E-state index in [1.54, 1.807) is 6.08 Å². The van der Waals surface area contributed by atoms with Crippen molar-refractivity contribution in [2.24, 2.45) is 39.4 Å². The molecule has 562 valence electrons. The quantitative estimate of drug-likeness (QED) is 0.0116. The number of hydrogen-bond donors (Lipinski definition) is 24. The lowest BCUT2D eigenvalue weighted by atomic mass is 10.0. The third-order valence-corrected chi connectivity index (χ3v) is 14.5. The van der Waals surface area contributed by atoms with E-state index >= 15 is 0 Å². The van der Waals surface area contributed by atoms with Crippen LogP contribution in [0.4, 0.5) is 0 Å². The zero-order valence-corrected chi connectivity index (χ0v) is 56.9. The fourth-order valence-corrected chi connectivity index (χ4v) is 8.71. The minimum Gasteiger partial charge on any atom is -0.480 e. The van der Waals surface area contributed by atoms with E-state index in [9.17, 15) is 97.5 Å². The Labute approximate surface area is 573 Å². The summed E-state index contributed by atoms with van der Waals surface area (Å²) in [6, 6.07) is -17.4. The van der Waals surface area contributed by atoms with Crippen LogP contribution in [0, 0.1) is 0 Å². The highest BCUT2D eigenvalue weighted by atomic mass is 16.4. The Morgan fingerprint density at radius 2 is 0.869 bits per heavy atom. The van der Waals surface area contributed by atoms with Crippen LogP contribution in [0.1, 0.15) is 131 Å². The highest BCUT2D eigenvalue weighted by Gasteiger charge is 2.37. The molecule has 0 radical (unpaired) electrons. The first-order valence-corrected chi connectivity index (χ1v) is 32.4. The minimum atomic E-state index is -1.91. The average Bonchev–Trinajstić information content (AvgIpc) is 0.875. The molecule has 40 nitrogen and oxygen atoms in total. The summed E-state index contributed by atoms with van der Waals surface area (Å²) in [6.07, 6.45) is -0.759. The zero-order chi connectivity index (χ0) is 75.5. The van der Waals surface area contributed by atoms with Gasteiger partial charge in [0.15, 0.2) is 5.96 Å². The molecule has 0 aliphatic heterocycles. The molecule has 30 N–H and O–H groups in total. The van der Waals surface area contributed by atoms with Crippen LogP contribution in [0.2, 0.25) is 0 Å². The largest absolute Gasteiger partial charge is 0.480 e. The third-order valence-electron chi connectivity index (χ3n) is 14.5. The van der Waals surface area contributed by atoms with E-state index in [1.165, 1.54) is 19.9 Å². The molecular weight excluding hydrogens is 1310 g/mol. The van der Waals surface area contributed by atoms with Crippen molar-refractivity contribution in [3.8, 4) is 0 Å². The zero-order valence-electron chi connectivity index (χ0n) is 56.9. The highest BCUT2D eigenvalue weighted by Crippen LogP contribution is 2.10. The second kappa shape index (κ2) is 49.3. The number of carbonyl (C=O) groups excluding carboxylic acids is 14. The van der Waals surface area contributed by atoms with Crippen molar-refractivity contribution < 1.29 is 97.5 Å². The maximum atomic E-state index is 14.3. The van der Waals surface area contributed by atoms with Crippen molar-refractivity contribution in [2.45, 2.75) is 216 Å². The van der Waals surface area contributed by atoms with Crippen molar-refractivity contribution in [1.82, 2.24) is 69.1 Å². The van der Waals surface area contributed by atoms with E-state index in [0.717, 1.165) is 20.8 Å². The second-order valence-electron chi connectivity index (χ2n) is 23.2. The molecule has 0 rings (SSSR count). The Kier molecular flexibility index (Phi) is 44.7. The number of carbonyl (C=O) groups is 15. The predicted molar refractivity (Wildman–Crippen MR) is 355 cm³/mol. The van der Waals surface area contributed by atoms with Gasteiger partial charge in [-0.2, -0.15) is 0 Å². The van der Waals surface area contributed by atoms with Gasteiger partial charge >= 0.3 is 5.97 Å². The van der Waals surface area contributed by atoms with Gasteiger partial charge in [-0.1, -0.05) is 13.0 Å². The molecule has 0 aliphatic rings. The van der Waals surface area contributed by atoms with Gasteiger partial charge in [-0.05, 0) is 137 Å². The number of nitrogens with two attached hydrogens (primary N) is 6. The molecule has 0 bridgehead atoms. The van der Waals surface area contributed by atoms with Crippen LogP contribution in [-0.2, 0) is 71.9 Å². The summed E-state index contributed by atoms with van der Waals surface area (Å²) in [4.78, 5) is 201. The van der Waals surface area contributed by atoms with Gasteiger partial charge in [0, 0.05) is 19.5 Å². The van der Waals surface area contributed by atoms with Gasteiger partial charge in [-0.15, -0.1) is 0 Å². The van der Waals surface area contributed by atoms with Gasteiger partial charge in [0.25, 0.3) is 0 Å². The fourth-order valence-electron chi connectivity index (χ4n) is 8.71. The van der Waals surface area contributed by atoms with Crippen LogP contribution in [0.15, 0.2) is 17.1 Å². The van der Waals surface area contributed by atoms with Crippen LogP contribution in [0.3, 0.4) is 0 Å². The van der Waals surface area contributed by atoms with Crippen LogP contribution >= 0.6 is 0 Å². The molecular formula is C59H106N20O20. The van der Waals surface area contributed by atoms with Gasteiger partial charge in [-0.3, -0.25) is 76.9 Å². The number of aliphatic hydroxyl groups excluding tert-OH is 4. The molecule has 0 saturated heterocycles. The molecule has 0 heterocycles. The number of allylic oxidation sites excluding steroid dienone is 1. The smallest absolute Gasteiger partial charge is 0.325 e. The number of aliphatic carboxylic acids is 1. The van der Waals surface area contributed by atoms with E-state index in [4.69, 9.17) is 34.4 Å². The maximum absolute atomic E-state index is 14.3. The number of carboxylic acids is 1. The van der Waals surface area contributed by atoms with E-state index in [-0.39, 0.29) is 77.1 Å². The Bertz CT molecular complexity index is 2740. The lowest BCUT2D eigenvalue weighted by molar-refractivity contribution is -0.141. The summed E-state index contributed by atoms with van der Waals surface area (Å²) < 4.78 is 0. The summed E-state index contributed by atoms with van der Waals surface area (Å²) >= 11 is 0. The van der Waals surface area contributed by atoms with E-state index in [2.05, 4.69) is 74.1 Å². The Hall–Kier alpha value is -9.22. The highest BCUT2D eigenvalue weighted by molar-refractivity contribution is 5.99. The molecule has 40 heteroatoms. The maximum Gasteiger partial charge on any atom is 0.325 e. The number of guanidine groups is 1. The number of primary amides is 1. The number of rotatable bonds is 51. The Morgan fingerprint density at radius 3 is 1.34 bits per heavy atom. The molecule has 99 heavy (non-hydrogen) atoms. The molecule has 0 saturated carbocycles. The van der Waals surface area contributed by atoms with E-state index in [1.807, 2.05) is 6.92 Å². The van der Waals surface area contributed by atoms with Gasteiger partial charge in [0.05, 0.1) is 38.0 Å². The number of amides is 14. The van der Waals surface area contributed by atoms with Gasteiger partial charge in [-0.25, -0.2) is 0 Å². The molecule has 14 atom stereocenters. The predicted octanol–water partition coefficient (Wildman–Crippen LogP) is -10.5. The third kappa shape index (κ3) is 37.9. The number of nitrogens with one attached hydrogen (secondary N) is 13. The number of carboxylic acid groups (broad SMARTS) is 1. The minimum absolute atomic E-state index is 0.0112. The molecule has 0 aromatic rings. The van der Waals surface area contributed by atoms with Gasteiger partial charge < -0.3 is 129 Å². The summed E-state index contributed by atoms with van der Waals surface area (Å²) in [5.41, 5.74) is 33.2. The topological polar surface area (TPSA) is 682 Å². The van der Waals surface area contributed by atoms with Crippen molar-refractivity contribution >= 4 is 94.6 Å². The fraction of sp³-hybridized carbons (Fsp3) is 0.695. The van der Waals surface area contributed by atoms with Crippen LogP contribution in [0.5, 0.6) is 0 Å². The van der Waals surface area contributed by atoms with Crippen LogP contribution in [-0.4, -0.2) is 251 Å². The molecule has 0 fully saturated rings. The van der Waals surface area contributed by atoms with Crippen molar-refractivity contribution in [1.29, 1.82) is 0 Å². The first-order chi connectivity index (χ1) is 46.5. The molecule has 0 aliphatic carbocycles. The Balaban J connectivity index is 6.72. The average molecular weight is 1420 g/mol. The van der Waals surface area contributed by atoms with E-state index in [0.29, 0.717) is 32.1 Å². The number of hydrogen-bond acceptors (Lipinski definition) is 23. The van der Waals surface area contributed by atoms with Crippen molar-refractivity contribution in [2.75, 3.05) is 45.9 Å². The normalized spacial score (nSPS) is 15.3. The van der Waals surface area contributed by atoms with Crippen LogP contribution < -0.4 is 104 Å². The van der Waals surface area contributed by atoms with E-state index < -0.39 is 206 Å². The first-order valence-electron chi connectivity index (χ1n) is 32.4. The summed E-state index contributed by atoms with van der Waals surface area (Å²) in [5, 5.41) is 81.2. The number of nitrogens with zero attached hydrogens (tertiary/aromatic N) is 1.